The lowest BCUT2D eigenvalue weighted by Crippen LogP contribution is -2.41. The van der Waals surface area contributed by atoms with E-state index in [2.05, 4.69) is 26.8 Å². The van der Waals surface area contributed by atoms with Gasteiger partial charge in [-0.25, -0.2) is 4.98 Å². The summed E-state index contributed by atoms with van der Waals surface area (Å²) in [5.74, 6) is 1.54. The molecule has 0 aliphatic carbocycles. The Morgan fingerprint density at radius 3 is 2.77 bits per heavy atom. The van der Waals surface area contributed by atoms with E-state index in [4.69, 9.17) is 4.52 Å². The van der Waals surface area contributed by atoms with Crippen LogP contribution in [0.3, 0.4) is 0 Å². The highest BCUT2D eigenvalue weighted by atomic mass is 16.5. The third kappa shape index (κ3) is 2.71. The number of hydrogen-bond donors (Lipinski definition) is 0. The number of aromatic nitrogens is 3. The molecule has 0 bridgehead atoms. The van der Waals surface area contributed by atoms with Crippen LogP contribution in [0.2, 0.25) is 0 Å². The van der Waals surface area contributed by atoms with Gasteiger partial charge in [0, 0.05) is 18.9 Å². The molecule has 0 spiro atoms. The van der Waals surface area contributed by atoms with E-state index in [1.807, 2.05) is 43.1 Å². The monoisotopic (exact) mass is 350 g/mol. The minimum absolute atomic E-state index is 0.0458. The van der Waals surface area contributed by atoms with E-state index in [-0.39, 0.29) is 17.9 Å². The number of benzene rings is 1. The molecule has 0 saturated heterocycles. The summed E-state index contributed by atoms with van der Waals surface area (Å²) in [5.41, 5.74) is 2.41. The highest BCUT2D eigenvalue weighted by Gasteiger charge is 2.35. The van der Waals surface area contributed by atoms with Gasteiger partial charge in [0.15, 0.2) is 0 Å². The zero-order chi connectivity index (χ0) is 18.3. The highest BCUT2D eigenvalue weighted by Crippen LogP contribution is 2.32. The number of aryl methyl sites for hydroxylation is 1. The SMILES string of the molecule is Cc1onc(C(C)C)c1C(=O)N1Cc2nccn2C[C@H]1c1ccccc1. The first-order valence-electron chi connectivity index (χ1n) is 8.88. The average Bonchev–Trinajstić information content (AvgIpc) is 3.26. The lowest BCUT2D eigenvalue weighted by Gasteiger charge is -2.36. The molecular weight excluding hydrogens is 328 g/mol. The number of imidazole rings is 1. The lowest BCUT2D eigenvalue weighted by molar-refractivity contribution is 0.0581. The zero-order valence-electron chi connectivity index (χ0n) is 15.2. The van der Waals surface area contributed by atoms with Crippen molar-refractivity contribution in [2.24, 2.45) is 0 Å². The number of hydrogen-bond acceptors (Lipinski definition) is 4. The molecule has 6 nitrogen and oxygen atoms in total. The second-order valence-corrected chi connectivity index (χ2v) is 7.01. The van der Waals surface area contributed by atoms with Crippen LogP contribution in [0.5, 0.6) is 0 Å². The molecule has 1 atom stereocenters. The molecule has 26 heavy (non-hydrogen) atoms. The molecule has 0 unspecified atom stereocenters. The molecule has 0 radical (unpaired) electrons. The van der Waals surface area contributed by atoms with E-state index in [0.717, 1.165) is 11.4 Å². The van der Waals surface area contributed by atoms with Gasteiger partial charge in [-0.2, -0.15) is 0 Å². The summed E-state index contributed by atoms with van der Waals surface area (Å²) in [4.78, 5) is 19.8. The number of fused-ring (bicyclic) bond motifs is 1. The zero-order valence-corrected chi connectivity index (χ0v) is 15.2. The summed E-state index contributed by atoms with van der Waals surface area (Å²) in [6.07, 6.45) is 3.76. The molecular formula is C20H22N4O2. The molecule has 1 aliphatic heterocycles. The second-order valence-electron chi connectivity index (χ2n) is 7.01. The van der Waals surface area contributed by atoms with Crippen molar-refractivity contribution in [2.45, 2.75) is 45.8 Å². The Kier molecular flexibility index (Phi) is 4.11. The van der Waals surface area contributed by atoms with Crippen LogP contribution < -0.4 is 0 Å². The predicted molar refractivity (Wildman–Crippen MR) is 96.6 cm³/mol. The fourth-order valence-electron chi connectivity index (χ4n) is 3.57. The van der Waals surface area contributed by atoms with Crippen molar-refractivity contribution in [3.05, 3.63) is 71.1 Å². The van der Waals surface area contributed by atoms with Gasteiger partial charge in [0.2, 0.25) is 0 Å². The Balaban J connectivity index is 1.77. The van der Waals surface area contributed by atoms with Crippen molar-refractivity contribution in [1.82, 2.24) is 19.6 Å². The molecule has 6 heteroatoms. The second kappa shape index (κ2) is 6.44. The van der Waals surface area contributed by atoms with Crippen molar-refractivity contribution < 1.29 is 9.32 Å². The van der Waals surface area contributed by atoms with Crippen molar-refractivity contribution in [3.63, 3.8) is 0 Å². The molecule has 2 aromatic heterocycles. The van der Waals surface area contributed by atoms with Crippen LogP contribution in [0, 0.1) is 6.92 Å². The summed E-state index contributed by atoms with van der Waals surface area (Å²) in [6.45, 7) is 6.99. The summed E-state index contributed by atoms with van der Waals surface area (Å²) in [6, 6.07) is 10.1. The number of carbonyl (C=O) groups is 1. The molecule has 0 N–H and O–H groups in total. The molecule has 1 aromatic carbocycles. The molecule has 3 heterocycles. The number of nitrogens with zero attached hydrogens (tertiary/aromatic N) is 4. The van der Waals surface area contributed by atoms with Gasteiger partial charge < -0.3 is 14.0 Å². The first-order chi connectivity index (χ1) is 12.6. The Morgan fingerprint density at radius 1 is 1.27 bits per heavy atom. The molecule has 134 valence electrons. The summed E-state index contributed by atoms with van der Waals surface area (Å²) in [7, 11) is 0. The van der Waals surface area contributed by atoms with Crippen molar-refractivity contribution in [1.29, 1.82) is 0 Å². The van der Waals surface area contributed by atoms with Gasteiger partial charge in [-0.15, -0.1) is 0 Å². The normalized spacial score (nSPS) is 16.8. The van der Waals surface area contributed by atoms with E-state index in [0.29, 0.717) is 30.1 Å². The summed E-state index contributed by atoms with van der Waals surface area (Å²) in [5, 5.41) is 4.12. The van der Waals surface area contributed by atoms with Crippen molar-refractivity contribution >= 4 is 5.91 Å². The van der Waals surface area contributed by atoms with E-state index < -0.39 is 0 Å². The van der Waals surface area contributed by atoms with Crippen LogP contribution in [0.1, 0.15) is 59.0 Å². The number of carbonyl (C=O) groups excluding carboxylic acids is 1. The standard InChI is InChI=1S/C20H22N4O2/c1-13(2)19-18(14(3)26-22-19)20(25)24-12-17-21-9-10-23(17)11-16(24)15-7-5-4-6-8-15/h4-10,13,16H,11-12H2,1-3H3/t16-/m0/s1. The van der Waals surface area contributed by atoms with Crippen LogP contribution in [-0.4, -0.2) is 25.5 Å². The summed E-state index contributed by atoms with van der Waals surface area (Å²) < 4.78 is 7.46. The van der Waals surface area contributed by atoms with E-state index in [1.165, 1.54) is 0 Å². The molecule has 3 aromatic rings. The van der Waals surface area contributed by atoms with Gasteiger partial charge in [-0.05, 0) is 18.4 Å². The highest BCUT2D eigenvalue weighted by molar-refractivity contribution is 5.96. The first-order valence-corrected chi connectivity index (χ1v) is 8.88. The fourth-order valence-corrected chi connectivity index (χ4v) is 3.57. The Labute approximate surface area is 152 Å². The van der Waals surface area contributed by atoms with Gasteiger partial charge in [-0.3, -0.25) is 4.79 Å². The van der Waals surface area contributed by atoms with Crippen LogP contribution in [0.4, 0.5) is 0 Å². The molecule has 1 aliphatic rings. The third-order valence-corrected chi connectivity index (χ3v) is 4.95. The van der Waals surface area contributed by atoms with E-state index in [9.17, 15) is 4.79 Å². The Morgan fingerprint density at radius 2 is 2.04 bits per heavy atom. The van der Waals surface area contributed by atoms with E-state index >= 15 is 0 Å². The fraction of sp³-hybridized carbons (Fsp3) is 0.350. The largest absolute Gasteiger partial charge is 0.361 e. The minimum atomic E-state index is -0.0558. The maximum Gasteiger partial charge on any atom is 0.260 e. The third-order valence-electron chi connectivity index (χ3n) is 4.95. The van der Waals surface area contributed by atoms with Crippen molar-refractivity contribution in [2.75, 3.05) is 0 Å². The van der Waals surface area contributed by atoms with Crippen LogP contribution in [0.15, 0.2) is 47.2 Å². The topological polar surface area (TPSA) is 64.2 Å². The predicted octanol–water partition coefficient (Wildman–Crippen LogP) is 3.70. The first kappa shape index (κ1) is 16.6. The van der Waals surface area contributed by atoms with Gasteiger partial charge in [0.25, 0.3) is 5.91 Å². The summed E-state index contributed by atoms with van der Waals surface area (Å²) >= 11 is 0. The van der Waals surface area contributed by atoms with Crippen molar-refractivity contribution in [3.8, 4) is 0 Å². The van der Waals surface area contributed by atoms with Crippen LogP contribution in [-0.2, 0) is 13.1 Å². The molecule has 0 fully saturated rings. The van der Waals surface area contributed by atoms with Gasteiger partial charge in [-0.1, -0.05) is 49.3 Å². The lowest BCUT2D eigenvalue weighted by atomic mass is 9.99. The number of amides is 1. The molecule has 0 saturated carbocycles. The molecule has 1 amide bonds. The Bertz CT molecular complexity index is 926. The maximum atomic E-state index is 13.5. The average molecular weight is 350 g/mol. The van der Waals surface area contributed by atoms with Gasteiger partial charge in [0.05, 0.1) is 18.3 Å². The van der Waals surface area contributed by atoms with Crippen LogP contribution in [0.25, 0.3) is 0 Å². The van der Waals surface area contributed by atoms with Gasteiger partial charge >= 0.3 is 0 Å². The van der Waals surface area contributed by atoms with Crippen LogP contribution >= 0.6 is 0 Å². The van der Waals surface area contributed by atoms with Gasteiger partial charge in [0.1, 0.15) is 17.1 Å². The van der Waals surface area contributed by atoms with E-state index in [1.54, 1.807) is 13.1 Å². The maximum absolute atomic E-state index is 13.5. The quantitative estimate of drug-likeness (QED) is 0.722. The number of rotatable bonds is 3. The Hall–Kier alpha value is -2.89. The molecule has 4 rings (SSSR count). The smallest absolute Gasteiger partial charge is 0.260 e. The minimum Gasteiger partial charge on any atom is -0.361 e.